The molecule has 0 unspecified atom stereocenters. The Labute approximate surface area is 250 Å². The zero-order valence-electron chi connectivity index (χ0n) is 23.2. The fourth-order valence-corrected chi connectivity index (χ4v) is 3.92. The van der Waals surface area contributed by atoms with Crippen LogP contribution in [0.25, 0.3) is 0 Å². The van der Waals surface area contributed by atoms with Gasteiger partial charge in [0.05, 0.1) is 26.4 Å². The molecule has 1 heterocycles. The van der Waals surface area contributed by atoms with E-state index in [0.29, 0.717) is 11.3 Å². The van der Waals surface area contributed by atoms with Gasteiger partial charge in [0.1, 0.15) is 91.2 Å². The molecule has 44 heavy (non-hydrogen) atoms. The molecule has 2 aliphatic rings. The van der Waals surface area contributed by atoms with Crippen LogP contribution in [0.15, 0.2) is 24.3 Å². The Hall–Kier alpha value is -1.70. The Bertz CT molecular complexity index is 844. The van der Waals surface area contributed by atoms with E-state index >= 15 is 0 Å². The number of hydrogen-bond acceptors (Lipinski definition) is 19. The van der Waals surface area contributed by atoms with Crippen LogP contribution in [0.5, 0.6) is 5.75 Å². The summed E-state index contributed by atoms with van der Waals surface area (Å²) >= 11 is 0. The lowest BCUT2D eigenvalue weighted by Gasteiger charge is -2.39. The number of aliphatic hydroxyl groups excluding tert-OH is 17. The molecule has 0 bridgehead atoms. The van der Waals surface area contributed by atoms with Gasteiger partial charge in [-0.15, -0.1) is 0 Å². The number of ether oxygens (including phenoxy) is 2. The van der Waals surface area contributed by atoms with Crippen molar-refractivity contribution in [2.75, 3.05) is 19.8 Å². The predicted molar refractivity (Wildman–Crippen MR) is 141 cm³/mol. The molecule has 0 aromatic heterocycles. The summed E-state index contributed by atoms with van der Waals surface area (Å²) in [5.74, 6) is 0.291. The number of para-hydroxylation sites is 1. The van der Waals surface area contributed by atoms with Crippen molar-refractivity contribution in [1.82, 2.24) is 0 Å². The van der Waals surface area contributed by atoms with Crippen molar-refractivity contribution in [1.29, 1.82) is 0 Å². The molecule has 17 N–H and O–H groups in total. The maximum Gasteiger partial charge on any atom is 0.229 e. The molecule has 1 aromatic rings. The van der Waals surface area contributed by atoms with Crippen molar-refractivity contribution in [3.63, 3.8) is 0 Å². The van der Waals surface area contributed by atoms with Crippen molar-refractivity contribution >= 4 is 0 Å². The standard InChI is InChI=1S/C13H18O7.C6H12O6.C6H14O6/c14-5-7-3-1-2-4-8(7)19-13-12(18)11(17)10(16)9(6-15)20-13;7-1-2(8)4(10)6(12)5(11)3(1)9;7-1-3(9)5(11)6(12)4(10)2-8/h1-4,9-18H,5-6H2;1-12H;3-12H,1-2H2/t9-,10-,11+,12-,13-;;3-,4-,5-,6-/m1.1/s1. The molecular weight excluding hydrogens is 604 g/mol. The Morgan fingerprint density at radius 1 is 0.568 bits per heavy atom. The quantitative estimate of drug-likeness (QED) is 0.118. The van der Waals surface area contributed by atoms with E-state index < -0.39 is 112 Å². The van der Waals surface area contributed by atoms with Gasteiger partial charge in [0.15, 0.2) is 0 Å². The highest BCUT2D eigenvalue weighted by atomic mass is 16.7. The van der Waals surface area contributed by atoms with E-state index in [2.05, 4.69) is 0 Å². The third-order valence-corrected chi connectivity index (χ3v) is 6.85. The Kier molecular flexibility index (Phi) is 17.5. The number of benzene rings is 1. The first-order chi connectivity index (χ1) is 20.6. The Morgan fingerprint density at radius 2 is 0.955 bits per heavy atom. The zero-order valence-corrected chi connectivity index (χ0v) is 23.2. The van der Waals surface area contributed by atoms with Crippen LogP contribution in [0.4, 0.5) is 0 Å². The van der Waals surface area contributed by atoms with Crippen LogP contribution in [0.2, 0.25) is 0 Å². The van der Waals surface area contributed by atoms with E-state index in [1.807, 2.05) is 0 Å². The van der Waals surface area contributed by atoms with Gasteiger partial charge >= 0.3 is 0 Å². The summed E-state index contributed by atoms with van der Waals surface area (Å²) in [6, 6.07) is 6.61. The van der Waals surface area contributed by atoms with Crippen molar-refractivity contribution in [2.45, 2.75) is 98.4 Å². The molecule has 9 atom stereocenters. The third-order valence-electron chi connectivity index (χ3n) is 6.85. The van der Waals surface area contributed by atoms with E-state index in [4.69, 9.17) is 75.9 Å². The number of aliphatic hydroxyl groups is 17. The summed E-state index contributed by atoms with van der Waals surface area (Å²) in [4.78, 5) is 0. The van der Waals surface area contributed by atoms with Crippen LogP contribution in [0.1, 0.15) is 5.56 Å². The van der Waals surface area contributed by atoms with Gasteiger partial charge in [0.2, 0.25) is 6.29 Å². The van der Waals surface area contributed by atoms with E-state index in [1.54, 1.807) is 24.3 Å². The molecule has 19 heteroatoms. The molecule has 1 saturated heterocycles. The van der Waals surface area contributed by atoms with Gasteiger partial charge in [-0.3, -0.25) is 0 Å². The fraction of sp³-hybridized carbons (Fsp3) is 0.760. The Morgan fingerprint density at radius 3 is 1.32 bits per heavy atom. The van der Waals surface area contributed by atoms with Gasteiger partial charge in [-0.25, -0.2) is 0 Å². The summed E-state index contributed by atoms with van der Waals surface area (Å²) < 4.78 is 10.6. The molecule has 1 saturated carbocycles. The number of hydrogen-bond donors (Lipinski definition) is 17. The van der Waals surface area contributed by atoms with Crippen LogP contribution < -0.4 is 4.74 Å². The smallest absolute Gasteiger partial charge is 0.229 e. The molecule has 1 aromatic carbocycles. The fourth-order valence-electron chi connectivity index (χ4n) is 3.92. The maximum atomic E-state index is 9.84. The molecule has 1 aliphatic carbocycles. The molecule has 258 valence electrons. The van der Waals surface area contributed by atoms with Crippen molar-refractivity contribution in [2.24, 2.45) is 0 Å². The monoisotopic (exact) mass is 648 g/mol. The third kappa shape index (κ3) is 10.4. The first-order valence-corrected chi connectivity index (χ1v) is 13.3. The second-order valence-corrected chi connectivity index (χ2v) is 10.0. The summed E-state index contributed by atoms with van der Waals surface area (Å²) in [5.41, 5.74) is 0.490. The van der Waals surface area contributed by atoms with Crippen LogP contribution >= 0.6 is 0 Å². The molecule has 19 nitrogen and oxygen atoms in total. The van der Waals surface area contributed by atoms with E-state index in [1.165, 1.54) is 0 Å². The highest BCUT2D eigenvalue weighted by Crippen LogP contribution is 2.26. The van der Waals surface area contributed by atoms with Crippen molar-refractivity contribution in [3.8, 4) is 5.75 Å². The Balaban J connectivity index is 0.000000351. The largest absolute Gasteiger partial charge is 0.462 e. The first-order valence-electron chi connectivity index (χ1n) is 13.3. The normalized spacial score (nSPS) is 36.4. The highest BCUT2D eigenvalue weighted by molar-refractivity contribution is 5.32. The lowest BCUT2D eigenvalue weighted by atomic mass is 9.85. The average molecular weight is 649 g/mol. The van der Waals surface area contributed by atoms with Crippen LogP contribution in [0, 0.1) is 0 Å². The minimum atomic E-state index is -1.67. The highest BCUT2D eigenvalue weighted by Gasteiger charge is 2.47. The van der Waals surface area contributed by atoms with E-state index in [-0.39, 0.29) is 6.61 Å². The van der Waals surface area contributed by atoms with E-state index in [0.717, 1.165) is 0 Å². The molecule has 0 radical (unpaired) electrons. The minimum absolute atomic E-state index is 0.256. The summed E-state index contributed by atoms with van der Waals surface area (Å²) in [6.45, 7) is -2.23. The second kappa shape index (κ2) is 19.1. The van der Waals surface area contributed by atoms with Crippen molar-refractivity contribution < 1.29 is 96.3 Å². The minimum Gasteiger partial charge on any atom is -0.462 e. The van der Waals surface area contributed by atoms with E-state index in [9.17, 15) is 20.4 Å². The van der Waals surface area contributed by atoms with Crippen LogP contribution in [0.3, 0.4) is 0 Å². The average Bonchev–Trinajstić information content (AvgIpc) is 3.04. The van der Waals surface area contributed by atoms with Gasteiger partial charge in [-0.05, 0) is 6.07 Å². The molecular formula is C25H44O19. The topological polar surface area (TPSA) is 362 Å². The summed E-state index contributed by atoms with van der Waals surface area (Å²) in [5, 5.41) is 153. The van der Waals surface area contributed by atoms with Crippen molar-refractivity contribution in [3.05, 3.63) is 29.8 Å². The van der Waals surface area contributed by atoms with Gasteiger partial charge in [0.25, 0.3) is 0 Å². The molecule has 1 aliphatic heterocycles. The van der Waals surface area contributed by atoms with Gasteiger partial charge in [-0.1, -0.05) is 18.2 Å². The van der Waals surface area contributed by atoms with Gasteiger partial charge in [0, 0.05) is 5.56 Å². The second-order valence-electron chi connectivity index (χ2n) is 10.0. The van der Waals surface area contributed by atoms with Gasteiger partial charge < -0.3 is 96.3 Å². The first kappa shape index (κ1) is 40.3. The van der Waals surface area contributed by atoms with Crippen LogP contribution in [-0.4, -0.2) is 198 Å². The lowest BCUT2D eigenvalue weighted by Crippen LogP contribution is -2.63. The van der Waals surface area contributed by atoms with Crippen LogP contribution in [-0.2, 0) is 11.3 Å². The molecule has 2 fully saturated rings. The maximum absolute atomic E-state index is 9.84. The zero-order chi connectivity index (χ0) is 33.9. The lowest BCUT2D eigenvalue weighted by molar-refractivity contribution is -0.277. The van der Waals surface area contributed by atoms with Gasteiger partial charge in [-0.2, -0.15) is 0 Å². The molecule has 0 spiro atoms. The predicted octanol–water partition coefficient (Wildman–Crippen LogP) is -9.06. The SMILES string of the molecule is OC1C(O)C(O)C(O)C(O)C1O.OC[C@@H](O)[C@@H](O)[C@H](O)[C@H](O)CO.OCc1ccccc1O[C@@H]1O[C@H](CO)[C@@H](O)[C@H](O)[C@H]1O. The molecule has 3 rings (SSSR count). The summed E-state index contributed by atoms with van der Waals surface area (Å²) in [7, 11) is 0. The summed E-state index contributed by atoms with van der Waals surface area (Å²) in [6.07, 6.45) is -22.9. The molecule has 0 amide bonds. The number of rotatable bonds is 9.